The standard InChI is InChI=1S/C29H37F3IN3O2/c1-5-18-38-26-12-9-23(10-13-26)8-7-22(3)36(34-4)20-33-16-14-25(15-17-33)35-28(37)27-19-24(29(30,31)32)11-6-21(27)2/h6-7,9-13,19,25H,4-5,8,14-18,20H2,1-3H3,(H,35,37)/b22-7-. The van der Waals surface area contributed by atoms with Gasteiger partial charge in [0.1, 0.15) is 0 Å². The van der Waals surface area contributed by atoms with Crippen LogP contribution >= 0.6 is 19.8 Å². The van der Waals surface area contributed by atoms with Gasteiger partial charge in [0.05, 0.1) is 0 Å². The zero-order valence-electron chi connectivity index (χ0n) is 22.3. The van der Waals surface area contributed by atoms with Crippen LogP contribution in [0.15, 0.2) is 59.3 Å². The molecule has 1 amide bonds. The van der Waals surface area contributed by atoms with Crippen molar-refractivity contribution in [3.63, 3.8) is 0 Å². The molecule has 0 aliphatic carbocycles. The van der Waals surface area contributed by atoms with Crippen LogP contribution in [-0.2, 0) is 12.6 Å². The van der Waals surface area contributed by atoms with Crippen molar-refractivity contribution >= 4 is 32.4 Å². The first kappa shape index (κ1) is 30.0. The fraction of sp³-hybridized carbons (Fsp3) is 0.448. The van der Waals surface area contributed by atoms with Gasteiger partial charge < -0.3 is 0 Å². The van der Waals surface area contributed by atoms with Gasteiger partial charge in [-0.2, -0.15) is 0 Å². The number of alkyl halides is 6. The molecule has 1 aliphatic rings. The van der Waals surface area contributed by atoms with Gasteiger partial charge in [-0.3, -0.25) is 0 Å². The van der Waals surface area contributed by atoms with Crippen LogP contribution in [0.4, 0.5) is 13.2 Å². The summed E-state index contributed by atoms with van der Waals surface area (Å²) in [4.78, 5) is 12.8. The maximum atomic E-state index is 13.1. The van der Waals surface area contributed by atoms with E-state index in [0.717, 1.165) is 62.7 Å². The molecule has 0 spiro atoms. The number of carbonyl (C=O) groups is 1. The van der Waals surface area contributed by atoms with Crippen LogP contribution in [-0.4, -0.2) is 43.7 Å². The third kappa shape index (κ3) is 8.74. The Hall–Kier alpha value is -2.56. The Morgan fingerprint density at radius 1 is 1.21 bits per heavy atom. The first-order valence-electron chi connectivity index (χ1n) is 12.8. The van der Waals surface area contributed by atoms with Crippen LogP contribution < -0.4 is 10.1 Å². The van der Waals surface area contributed by atoms with Crippen molar-refractivity contribution in [2.45, 2.75) is 58.7 Å². The van der Waals surface area contributed by atoms with Gasteiger partial charge in [-0.1, -0.05) is 6.92 Å². The monoisotopic (exact) mass is 643 g/mol. The summed E-state index contributed by atoms with van der Waals surface area (Å²) in [7, 11) is 0. The zero-order chi connectivity index (χ0) is 27.7. The number of benzene rings is 2. The number of hydrazone groups is 1. The first-order chi connectivity index (χ1) is 18.1. The van der Waals surface area contributed by atoms with Crippen molar-refractivity contribution < 1.29 is 22.7 Å². The minimum atomic E-state index is -4.47. The summed E-state index contributed by atoms with van der Waals surface area (Å²) in [6.45, 7) is 10.3. The molecule has 0 unspecified atom stereocenters. The van der Waals surface area contributed by atoms with Crippen LogP contribution in [0, 0.1) is 6.92 Å². The van der Waals surface area contributed by atoms with Gasteiger partial charge in [0.15, 0.2) is 0 Å². The Morgan fingerprint density at radius 3 is 2.50 bits per heavy atom. The molecule has 5 nitrogen and oxygen atoms in total. The molecule has 208 valence electrons. The second-order valence-corrected chi connectivity index (χ2v) is 15.5. The number of carbonyl (C=O) groups excluding carboxylic acids is 1. The SMILES string of the molecule is C=NN(CI1CCC(NC(=O)c2cc(C(F)(F)F)ccc2C)CC1)/C(C)=C\Cc1ccc(OCCC)cc1. The van der Waals surface area contributed by atoms with Crippen LogP contribution in [0.2, 0.25) is 0 Å². The fourth-order valence-corrected chi connectivity index (χ4v) is 10.3. The first-order valence-corrected chi connectivity index (χ1v) is 17.4. The van der Waals surface area contributed by atoms with E-state index in [1.807, 2.05) is 24.1 Å². The molecule has 2 aromatic rings. The molecule has 1 fully saturated rings. The number of halogens is 4. The van der Waals surface area contributed by atoms with Crippen molar-refractivity contribution in [3.05, 3.63) is 76.5 Å². The van der Waals surface area contributed by atoms with Gasteiger partial charge in [0, 0.05) is 0 Å². The predicted molar refractivity (Wildman–Crippen MR) is 156 cm³/mol. The van der Waals surface area contributed by atoms with Crippen LogP contribution in [0.25, 0.3) is 0 Å². The summed E-state index contributed by atoms with van der Waals surface area (Å²) in [5.74, 6) is 0.452. The van der Waals surface area contributed by atoms with E-state index >= 15 is 0 Å². The normalized spacial score (nSPS) is 15.7. The van der Waals surface area contributed by atoms with Gasteiger partial charge in [-0.05, 0) is 0 Å². The van der Waals surface area contributed by atoms with Gasteiger partial charge in [0.2, 0.25) is 0 Å². The van der Waals surface area contributed by atoms with E-state index in [9.17, 15) is 18.0 Å². The molecule has 0 aromatic heterocycles. The van der Waals surface area contributed by atoms with E-state index in [-0.39, 0.29) is 11.6 Å². The van der Waals surface area contributed by atoms with Gasteiger partial charge in [-0.15, -0.1) is 0 Å². The van der Waals surface area contributed by atoms with Crippen LogP contribution in [0.3, 0.4) is 0 Å². The summed E-state index contributed by atoms with van der Waals surface area (Å²) in [5.41, 5.74) is 2.09. The van der Waals surface area contributed by atoms with Crippen molar-refractivity contribution in [3.8, 4) is 5.75 Å². The van der Waals surface area contributed by atoms with Crippen molar-refractivity contribution in [2.24, 2.45) is 5.10 Å². The van der Waals surface area contributed by atoms with Gasteiger partial charge in [0.25, 0.3) is 0 Å². The number of hydrogen-bond donors (Lipinski definition) is 1. The molecule has 0 bridgehead atoms. The zero-order valence-corrected chi connectivity index (χ0v) is 24.4. The number of allylic oxidation sites excluding steroid dienone is 2. The van der Waals surface area contributed by atoms with Gasteiger partial charge >= 0.3 is 225 Å². The topological polar surface area (TPSA) is 53.9 Å². The van der Waals surface area contributed by atoms with E-state index in [1.165, 1.54) is 11.6 Å². The van der Waals surface area contributed by atoms with Crippen molar-refractivity contribution in [1.29, 1.82) is 0 Å². The number of rotatable bonds is 11. The third-order valence-corrected chi connectivity index (χ3v) is 12.4. The molecule has 3 rings (SSSR count). The molecular formula is C29H37F3IN3O2. The number of amides is 1. The van der Waals surface area contributed by atoms with Crippen LogP contribution in [0.5, 0.6) is 5.75 Å². The van der Waals surface area contributed by atoms with Crippen molar-refractivity contribution in [2.75, 3.05) is 20.0 Å². The van der Waals surface area contributed by atoms with E-state index in [1.54, 1.807) is 6.92 Å². The summed E-state index contributed by atoms with van der Waals surface area (Å²) in [6, 6.07) is 11.4. The molecule has 38 heavy (non-hydrogen) atoms. The number of nitrogens with one attached hydrogen (secondary N) is 1. The minimum absolute atomic E-state index is 0.0175. The second-order valence-electron chi connectivity index (χ2n) is 9.42. The maximum absolute atomic E-state index is 13.1. The Morgan fingerprint density at radius 2 is 1.89 bits per heavy atom. The van der Waals surface area contributed by atoms with Crippen LogP contribution in [0.1, 0.15) is 60.2 Å². The number of aryl methyl sites for hydroxylation is 1. The quantitative estimate of drug-likeness (QED) is 0.0926. The summed E-state index contributed by atoms with van der Waals surface area (Å²) < 4.78 is 47.9. The van der Waals surface area contributed by atoms with E-state index in [4.69, 9.17) is 4.74 Å². The molecule has 1 saturated heterocycles. The molecule has 0 atom stereocenters. The van der Waals surface area contributed by atoms with E-state index in [2.05, 4.69) is 42.3 Å². The Kier molecular flexibility index (Phi) is 11.1. The number of ether oxygens (including phenoxy) is 1. The Balaban J connectivity index is 1.49. The average Bonchev–Trinajstić information content (AvgIpc) is 2.90. The summed E-state index contributed by atoms with van der Waals surface area (Å²) in [6.07, 6.45) is 1.15. The molecule has 9 heteroatoms. The molecule has 0 saturated carbocycles. The van der Waals surface area contributed by atoms with Gasteiger partial charge in [-0.25, -0.2) is 0 Å². The average molecular weight is 644 g/mol. The van der Waals surface area contributed by atoms with E-state index < -0.39 is 37.5 Å². The molecule has 1 aliphatic heterocycles. The van der Waals surface area contributed by atoms with Crippen molar-refractivity contribution in [1.82, 2.24) is 10.3 Å². The molecular weight excluding hydrogens is 606 g/mol. The Labute approximate surface area is 230 Å². The summed E-state index contributed by atoms with van der Waals surface area (Å²) >= 11 is -1.33. The molecule has 0 radical (unpaired) electrons. The molecule has 1 N–H and O–H groups in total. The molecule has 2 aromatic carbocycles. The summed E-state index contributed by atoms with van der Waals surface area (Å²) in [5, 5.41) is 9.22. The Bertz CT molecular complexity index is 1110. The molecule has 1 heterocycles. The number of nitrogens with zero attached hydrogens (tertiary/aromatic N) is 2. The fourth-order valence-electron chi connectivity index (χ4n) is 4.10. The number of hydrogen-bond acceptors (Lipinski definition) is 4. The predicted octanol–water partition coefficient (Wildman–Crippen LogP) is 7.22. The van der Waals surface area contributed by atoms with E-state index in [0.29, 0.717) is 12.2 Å². The third-order valence-electron chi connectivity index (χ3n) is 6.48. The second kappa shape index (κ2) is 14.0.